The summed E-state index contributed by atoms with van der Waals surface area (Å²) in [7, 11) is 0. The van der Waals surface area contributed by atoms with Gasteiger partial charge in [-0.25, -0.2) is 0 Å². The van der Waals surface area contributed by atoms with E-state index < -0.39 is 0 Å². The molecule has 0 aliphatic rings. The molecular weight excluding hydrogens is 650 g/mol. The summed E-state index contributed by atoms with van der Waals surface area (Å²) >= 11 is 3.77. The number of benzene rings is 1. The van der Waals surface area contributed by atoms with Crippen LogP contribution in [0.15, 0.2) is 60.8 Å². The summed E-state index contributed by atoms with van der Waals surface area (Å²) in [6.45, 7) is 19.5. The van der Waals surface area contributed by atoms with Gasteiger partial charge in [0.25, 0.3) is 0 Å². The second-order valence-electron chi connectivity index (χ2n) is 9.69. The minimum Gasteiger partial charge on any atom is -1.00 e. The molecule has 0 unspecified atom stereocenters. The van der Waals surface area contributed by atoms with Crippen molar-refractivity contribution in [3.8, 4) is 9.75 Å². The number of aromatic nitrogens is 1. The highest BCUT2D eigenvalue weighted by Crippen LogP contribution is 2.37. The van der Waals surface area contributed by atoms with Crippen molar-refractivity contribution in [2.45, 2.75) is 47.6 Å². The van der Waals surface area contributed by atoms with E-state index >= 15 is 0 Å². The van der Waals surface area contributed by atoms with Gasteiger partial charge in [0.2, 0.25) is 5.52 Å². The molecule has 39 heavy (non-hydrogen) atoms. The summed E-state index contributed by atoms with van der Waals surface area (Å²) in [5, 5.41) is 2.68. The van der Waals surface area contributed by atoms with Crippen LogP contribution < -0.4 is 43.4 Å². The van der Waals surface area contributed by atoms with Crippen molar-refractivity contribution in [2.75, 3.05) is 44.2 Å². The first-order valence-corrected chi connectivity index (χ1v) is 15.6. The lowest BCUT2D eigenvalue weighted by atomic mass is 10.1. The highest BCUT2D eigenvalue weighted by atomic mass is 79.9. The van der Waals surface area contributed by atoms with Crippen molar-refractivity contribution in [1.29, 1.82) is 0 Å². The van der Waals surface area contributed by atoms with Crippen molar-refractivity contribution in [3.63, 3.8) is 0 Å². The fourth-order valence-corrected chi connectivity index (χ4v) is 7.42. The van der Waals surface area contributed by atoms with E-state index in [0.29, 0.717) is 0 Å². The highest BCUT2D eigenvalue weighted by Gasteiger charge is 2.21. The normalized spacial score (nSPS) is 11.5. The molecule has 0 radical (unpaired) electrons. The molecule has 4 aromatic rings. The Hall–Kier alpha value is -1.51. The van der Waals surface area contributed by atoms with Crippen molar-refractivity contribution in [1.82, 2.24) is 0 Å². The number of fused-ring (bicyclic) bond motifs is 1. The maximum atomic E-state index is 2.44. The minimum atomic E-state index is 0. The molecule has 0 bridgehead atoms. The van der Waals surface area contributed by atoms with Gasteiger partial charge < -0.3 is 43.3 Å². The first-order chi connectivity index (χ1) is 18.1. The summed E-state index contributed by atoms with van der Waals surface area (Å²) in [5.74, 6) is 0. The van der Waals surface area contributed by atoms with Crippen LogP contribution in [0.25, 0.3) is 32.8 Å². The number of halogens is 2. The third kappa shape index (κ3) is 8.04. The topological polar surface area (TPSA) is 7.12 Å². The minimum absolute atomic E-state index is 0. The zero-order valence-electron chi connectivity index (χ0n) is 24.0. The predicted molar refractivity (Wildman–Crippen MR) is 166 cm³/mol. The number of thiophene rings is 2. The second kappa shape index (κ2) is 16.1. The van der Waals surface area contributed by atoms with Gasteiger partial charge in [-0.1, -0.05) is 18.2 Å². The van der Waals surface area contributed by atoms with E-state index in [1.54, 1.807) is 0 Å². The fraction of sp³-hybridized carbons (Fsp3) is 0.406. The van der Waals surface area contributed by atoms with Gasteiger partial charge in [-0.05, 0) is 76.6 Å². The summed E-state index contributed by atoms with van der Waals surface area (Å²) in [6.07, 6.45) is 8.04. The molecule has 7 heteroatoms. The van der Waals surface area contributed by atoms with E-state index in [-0.39, 0.29) is 34.0 Å². The lowest BCUT2D eigenvalue weighted by molar-refractivity contribution is -0.925. The number of para-hydroxylation sites is 1. The highest BCUT2D eigenvalue weighted by molar-refractivity contribution is 7.24. The Kier molecular flexibility index (Phi) is 13.9. The Morgan fingerprint density at radius 1 is 0.769 bits per heavy atom. The van der Waals surface area contributed by atoms with Crippen LogP contribution in [0.5, 0.6) is 0 Å². The SMILES string of the molecule is CCN(CC)c1ccc(-c2ccc(/C=C/c3cc[n+](CCC[N+](CC)(CC)CC)c4ccccc34)s2)s1.[Br-].[Br-]. The van der Waals surface area contributed by atoms with Gasteiger partial charge in [-0.15, -0.1) is 22.7 Å². The molecule has 3 heterocycles. The van der Waals surface area contributed by atoms with E-state index in [4.69, 9.17) is 0 Å². The van der Waals surface area contributed by atoms with Crippen LogP contribution in [0.2, 0.25) is 0 Å². The molecule has 0 spiro atoms. The van der Waals surface area contributed by atoms with Gasteiger partial charge in [0.15, 0.2) is 12.7 Å². The number of anilines is 1. The van der Waals surface area contributed by atoms with E-state index in [1.807, 2.05) is 22.7 Å². The van der Waals surface area contributed by atoms with Gasteiger partial charge in [-0.2, -0.15) is 4.57 Å². The van der Waals surface area contributed by atoms with Gasteiger partial charge in [0.05, 0.1) is 43.0 Å². The number of rotatable bonds is 13. The van der Waals surface area contributed by atoms with Gasteiger partial charge in [0, 0.05) is 39.9 Å². The molecule has 0 amide bonds. The van der Waals surface area contributed by atoms with E-state index in [1.165, 1.54) is 73.2 Å². The molecular formula is C32H43Br2N3S2. The van der Waals surface area contributed by atoms with Gasteiger partial charge >= 0.3 is 0 Å². The maximum absolute atomic E-state index is 2.44. The van der Waals surface area contributed by atoms with Crippen molar-refractivity contribution >= 4 is 50.7 Å². The van der Waals surface area contributed by atoms with Crippen molar-refractivity contribution < 1.29 is 43.0 Å². The summed E-state index contributed by atoms with van der Waals surface area (Å²) in [5.41, 5.74) is 2.60. The Morgan fingerprint density at radius 3 is 2.13 bits per heavy atom. The van der Waals surface area contributed by atoms with Crippen LogP contribution in [0, 0.1) is 0 Å². The number of aryl methyl sites for hydroxylation is 1. The molecule has 0 fully saturated rings. The molecule has 4 rings (SSSR count). The van der Waals surface area contributed by atoms with Crippen molar-refractivity contribution in [3.05, 3.63) is 71.2 Å². The van der Waals surface area contributed by atoms with Crippen LogP contribution in [0.3, 0.4) is 0 Å². The number of nitrogens with zero attached hydrogens (tertiary/aromatic N) is 3. The first-order valence-electron chi connectivity index (χ1n) is 14.0. The largest absolute Gasteiger partial charge is 1.00 e. The molecule has 1 aromatic carbocycles. The Labute approximate surface area is 264 Å². The summed E-state index contributed by atoms with van der Waals surface area (Å²) in [4.78, 5) is 6.41. The van der Waals surface area contributed by atoms with Gasteiger partial charge in [0.1, 0.15) is 0 Å². The molecule has 0 atom stereocenters. The molecule has 0 aliphatic heterocycles. The molecule has 212 valence electrons. The molecule has 3 aromatic heterocycles. The second-order valence-corrected chi connectivity index (χ2v) is 11.9. The lowest BCUT2D eigenvalue weighted by Gasteiger charge is -2.35. The zero-order valence-corrected chi connectivity index (χ0v) is 28.8. The Morgan fingerprint density at radius 2 is 1.44 bits per heavy atom. The van der Waals surface area contributed by atoms with E-state index in [0.717, 1.165) is 19.6 Å². The number of quaternary nitrogens is 1. The quantitative estimate of drug-likeness (QED) is 0.154. The number of hydrogen-bond acceptors (Lipinski definition) is 3. The molecule has 0 N–H and O–H groups in total. The smallest absolute Gasteiger partial charge is 0.213 e. The average Bonchev–Trinajstić information content (AvgIpc) is 3.62. The van der Waals surface area contributed by atoms with E-state index in [9.17, 15) is 0 Å². The Balaban J connectivity index is 0.00000267. The first kappa shape index (κ1) is 33.7. The molecule has 3 nitrogen and oxygen atoms in total. The molecule has 0 aliphatic carbocycles. The standard InChI is InChI=1S/C32H43N3S2.2BrH/c1-6-33(7-2)32-21-20-31(37-32)30-19-18-27(36-30)17-16-26-22-24-34(29-15-12-11-14-28(26)29)23-13-25-35(8-3,9-4)10-5;;/h11-12,14-22,24H,6-10,13,23,25H2,1-5H3;2*1H/q+2;;/p-2. The van der Waals surface area contributed by atoms with Gasteiger partial charge in [-0.3, -0.25) is 0 Å². The van der Waals surface area contributed by atoms with Crippen LogP contribution in [0.1, 0.15) is 51.5 Å². The monoisotopic (exact) mass is 691 g/mol. The summed E-state index contributed by atoms with van der Waals surface area (Å²) < 4.78 is 3.65. The zero-order chi connectivity index (χ0) is 26.3. The summed E-state index contributed by atoms with van der Waals surface area (Å²) in [6, 6.07) is 20.2. The maximum Gasteiger partial charge on any atom is 0.213 e. The van der Waals surface area contributed by atoms with Crippen LogP contribution in [-0.4, -0.2) is 43.8 Å². The molecule has 0 saturated heterocycles. The predicted octanol–water partition coefficient (Wildman–Crippen LogP) is 2.21. The van der Waals surface area contributed by atoms with Crippen LogP contribution >= 0.6 is 22.7 Å². The number of pyridine rings is 1. The molecule has 0 saturated carbocycles. The third-order valence-corrected chi connectivity index (χ3v) is 10.4. The van der Waals surface area contributed by atoms with Crippen LogP contribution in [-0.2, 0) is 6.54 Å². The van der Waals surface area contributed by atoms with Crippen molar-refractivity contribution in [2.24, 2.45) is 0 Å². The number of hydrogen-bond donors (Lipinski definition) is 0. The Bertz CT molecular complexity index is 1310. The third-order valence-electron chi connectivity index (χ3n) is 7.97. The van der Waals surface area contributed by atoms with Crippen LogP contribution in [0.4, 0.5) is 5.00 Å². The lowest BCUT2D eigenvalue weighted by Crippen LogP contribution is -3.00. The fourth-order valence-electron chi connectivity index (χ4n) is 5.28. The van der Waals surface area contributed by atoms with E-state index in [2.05, 4.69) is 117 Å². The average molecular weight is 694 g/mol.